The third kappa shape index (κ3) is 4.81. The van der Waals surface area contributed by atoms with E-state index in [-0.39, 0.29) is 35.3 Å². The lowest BCUT2D eigenvalue weighted by Gasteiger charge is -2.39. The van der Waals surface area contributed by atoms with E-state index in [9.17, 15) is 19.2 Å². The number of carbonyl (C=O) groups excluding carboxylic acids is 4. The minimum Gasteiger partial charge on any atom is -0.368 e. The normalized spacial score (nSPS) is 24.1. The number of Topliss-reactive ketones (excluding diaryl/α,β-unsaturated/α-hetero) is 1. The second-order valence-corrected chi connectivity index (χ2v) is 10.2. The number of fused-ring (bicyclic) bond motifs is 1. The number of thioether (sulfide) groups is 1. The Labute approximate surface area is 199 Å². The number of hydrogen-bond donors (Lipinski definition) is 0. The van der Waals surface area contributed by atoms with Gasteiger partial charge in [-0.3, -0.25) is 24.1 Å². The first kappa shape index (κ1) is 23.8. The van der Waals surface area contributed by atoms with E-state index in [4.69, 9.17) is 0 Å². The molecular weight excluding hydrogens is 438 g/mol. The average Bonchev–Trinajstić information content (AvgIpc) is 3.10. The molecular formula is C25H33N3O4S. The summed E-state index contributed by atoms with van der Waals surface area (Å²) < 4.78 is 0. The molecule has 8 heteroatoms. The van der Waals surface area contributed by atoms with Crippen molar-refractivity contribution in [3.8, 4) is 0 Å². The molecule has 0 bridgehead atoms. The highest BCUT2D eigenvalue weighted by Gasteiger charge is 2.52. The summed E-state index contributed by atoms with van der Waals surface area (Å²) in [6, 6.07) is 6.86. The summed E-state index contributed by atoms with van der Waals surface area (Å²) in [7, 11) is 0. The number of carbonyl (C=O) groups is 4. The Morgan fingerprint density at radius 1 is 0.970 bits per heavy atom. The Kier molecular flexibility index (Phi) is 7.41. The molecule has 1 aromatic rings. The Hall–Kier alpha value is -2.35. The van der Waals surface area contributed by atoms with E-state index < -0.39 is 6.04 Å². The highest BCUT2D eigenvalue weighted by molar-refractivity contribution is 7.98. The first-order valence-corrected chi connectivity index (χ1v) is 13.3. The second-order valence-electron chi connectivity index (χ2n) is 9.26. The van der Waals surface area contributed by atoms with Crippen LogP contribution in [0.5, 0.6) is 0 Å². The molecule has 1 saturated carbocycles. The molecule has 33 heavy (non-hydrogen) atoms. The fourth-order valence-electron chi connectivity index (χ4n) is 5.39. The van der Waals surface area contributed by atoms with Gasteiger partial charge in [0.2, 0.25) is 17.7 Å². The summed E-state index contributed by atoms with van der Waals surface area (Å²) in [6.45, 7) is 4.00. The fourth-order valence-corrected chi connectivity index (χ4v) is 5.85. The molecule has 3 aliphatic rings. The molecule has 0 spiro atoms. The summed E-state index contributed by atoms with van der Waals surface area (Å²) in [5, 5.41) is 0. The molecule has 0 radical (unpaired) electrons. The van der Waals surface area contributed by atoms with Crippen molar-refractivity contribution in [2.24, 2.45) is 11.8 Å². The minimum absolute atomic E-state index is 0.0408. The number of nitrogens with zero attached hydrogens (tertiary/aromatic N) is 3. The molecule has 4 rings (SSSR count). The maximum absolute atomic E-state index is 13.6. The van der Waals surface area contributed by atoms with Gasteiger partial charge in [-0.15, -0.1) is 0 Å². The summed E-state index contributed by atoms with van der Waals surface area (Å²) in [6.07, 6.45) is 5.96. The van der Waals surface area contributed by atoms with Crippen molar-refractivity contribution in [3.05, 3.63) is 29.8 Å². The molecule has 1 aromatic carbocycles. The number of rotatable bonds is 7. The van der Waals surface area contributed by atoms with Gasteiger partial charge in [0.25, 0.3) is 0 Å². The topological polar surface area (TPSA) is 78.0 Å². The van der Waals surface area contributed by atoms with Crippen molar-refractivity contribution in [2.45, 2.75) is 45.1 Å². The van der Waals surface area contributed by atoms with E-state index in [1.807, 2.05) is 35.4 Å². The number of hydrogen-bond acceptors (Lipinski definition) is 6. The van der Waals surface area contributed by atoms with Gasteiger partial charge in [0.15, 0.2) is 5.78 Å². The molecule has 1 aliphatic carbocycles. The lowest BCUT2D eigenvalue weighted by molar-refractivity contribution is -0.152. The second kappa shape index (κ2) is 10.3. The Balaban J connectivity index is 1.44. The number of anilines is 1. The predicted molar refractivity (Wildman–Crippen MR) is 129 cm³/mol. The average molecular weight is 472 g/mol. The van der Waals surface area contributed by atoms with Gasteiger partial charge in [-0.05, 0) is 62.5 Å². The quantitative estimate of drug-likeness (QED) is 0.450. The van der Waals surface area contributed by atoms with Gasteiger partial charge < -0.3 is 9.80 Å². The molecule has 0 aromatic heterocycles. The first-order chi connectivity index (χ1) is 15.9. The lowest BCUT2D eigenvalue weighted by atomic mass is 9.81. The van der Waals surface area contributed by atoms with Gasteiger partial charge in [0.1, 0.15) is 6.04 Å². The molecule has 178 valence electrons. The highest BCUT2D eigenvalue weighted by Crippen LogP contribution is 2.39. The van der Waals surface area contributed by atoms with Gasteiger partial charge in [0, 0.05) is 37.4 Å². The third-order valence-electron chi connectivity index (χ3n) is 7.30. The number of amides is 3. The molecule has 3 amide bonds. The molecule has 3 unspecified atom stereocenters. The minimum atomic E-state index is -0.690. The van der Waals surface area contributed by atoms with Crippen molar-refractivity contribution in [3.63, 3.8) is 0 Å². The molecule has 3 fully saturated rings. The molecule has 3 atom stereocenters. The Bertz CT molecular complexity index is 887. The summed E-state index contributed by atoms with van der Waals surface area (Å²) in [5.41, 5.74) is 1.71. The van der Waals surface area contributed by atoms with E-state index in [2.05, 4.69) is 4.90 Å². The van der Waals surface area contributed by atoms with Crippen molar-refractivity contribution in [1.29, 1.82) is 0 Å². The van der Waals surface area contributed by atoms with Crippen LogP contribution in [0.1, 0.15) is 49.4 Å². The summed E-state index contributed by atoms with van der Waals surface area (Å²) in [5.74, 6) is -0.0567. The largest absolute Gasteiger partial charge is 0.368 e. The zero-order valence-electron chi connectivity index (χ0n) is 19.5. The molecule has 7 nitrogen and oxygen atoms in total. The van der Waals surface area contributed by atoms with Crippen LogP contribution in [-0.2, 0) is 14.4 Å². The molecule has 2 aliphatic heterocycles. The van der Waals surface area contributed by atoms with E-state index in [1.54, 1.807) is 18.7 Å². The van der Waals surface area contributed by atoms with Crippen LogP contribution >= 0.6 is 11.8 Å². The van der Waals surface area contributed by atoms with E-state index in [1.165, 1.54) is 4.90 Å². The maximum Gasteiger partial charge on any atom is 0.246 e. The standard InChI is InChI=1S/C25H33N3O4S/c1-17(29)18-7-9-19(10-8-18)26-12-14-27(15-13-26)25(32)22(11-16-33-2)28-23(30)20-5-3-4-6-21(20)24(28)31/h7-10,20-22H,3-6,11-16H2,1-2H3. The van der Waals surface area contributed by atoms with Gasteiger partial charge in [-0.25, -0.2) is 0 Å². The van der Waals surface area contributed by atoms with Crippen LogP contribution < -0.4 is 4.90 Å². The van der Waals surface area contributed by atoms with Gasteiger partial charge in [-0.2, -0.15) is 11.8 Å². The van der Waals surface area contributed by atoms with Crippen molar-refractivity contribution >= 4 is 41.0 Å². The van der Waals surface area contributed by atoms with Crippen LogP contribution in [-0.4, -0.2) is 77.5 Å². The van der Waals surface area contributed by atoms with Crippen molar-refractivity contribution < 1.29 is 19.2 Å². The Morgan fingerprint density at radius 2 is 1.55 bits per heavy atom. The zero-order valence-corrected chi connectivity index (χ0v) is 20.3. The Morgan fingerprint density at radius 3 is 2.06 bits per heavy atom. The van der Waals surface area contributed by atoms with Crippen molar-refractivity contribution in [2.75, 3.05) is 43.1 Å². The number of benzene rings is 1. The smallest absolute Gasteiger partial charge is 0.246 e. The number of likely N-dealkylation sites (tertiary alicyclic amines) is 1. The highest BCUT2D eigenvalue weighted by atomic mass is 32.2. The third-order valence-corrected chi connectivity index (χ3v) is 7.94. The zero-order chi connectivity index (χ0) is 23.5. The van der Waals surface area contributed by atoms with Gasteiger partial charge >= 0.3 is 0 Å². The predicted octanol–water partition coefficient (Wildman–Crippen LogP) is 2.83. The number of ketones is 1. The van der Waals surface area contributed by atoms with E-state index >= 15 is 0 Å². The van der Waals surface area contributed by atoms with Crippen LogP contribution in [0.3, 0.4) is 0 Å². The molecule has 2 saturated heterocycles. The first-order valence-electron chi connectivity index (χ1n) is 11.9. The van der Waals surface area contributed by atoms with Crippen LogP contribution in [0.25, 0.3) is 0 Å². The monoisotopic (exact) mass is 471 g/mol. The van der Waals surface area contributed by atoms with Crippen LogP contribution in [0.2, 0.25) is 0 Å². The number of imide groups is 1. The van der Waals surface area contributed by atoms with E-state index in [0.717, 1.165) is 37.1 Å². The summed E-state index contributed by atoms with van der Waals surface area (Å²) in [4.78, 5) is 56.7. The van der Waals surface area contributed by atoms with Gasteiger partial charge in [0.05, 0.1) is 11.8 Å². The SMILES string of the molecule is CSCCC(C(=O)N1CCN(c2ccc(C(C)=O)cc2)CC1)N1C(=O)C2CCCCC2C1=O. The number of piperazine rings is 1. The molecule has 2 heterocycles. The fraction of sp³-hybridized carbons (Fsp3) is 0.600. The van der Waals surface area contributed by atoms with Crippen LogP contribution in [0, 0.1) is 11.8 Å². The maximum atomic E-state index is 13.6. The van der Waals surface area contributed by atoms with Gasteiger partial charge in [-0.1, -0.05) is 12.8 Å². The lowest BCUT2D eigenvalue weighted by Crippen LogP contribution is -2.56. The van der Waals surface area contributed by atoms with Crippen LogP contribution in [0.4, 0.5) is 5.69 Å². The summed E-state index contributed by atoms with van der Waals surface area (Å²) >= 11 is 1.63. The van der Waals surface area contributed by atoms with E-state index in [0.29, 0.717) is 38.2 Å². The van der Waals surface area contributed by atoms with Crippen molar-refractivity contribution in [1.82, 2.24) is 9.80 Å². The molecule has 0 N–H and O–H groups in total. The van der Waals surface area contributed by atoms with Crippen LogP contribution in [0.15, 0.2) is 24.3 Å².